The molecular formula is C20H23BrN2O2S2. The fourth-order valence-corrected chi connectivity index (χ4v) is 4.02. The summed E-state index contributed by atoms with van der Waals surface area (Å²) in [5.41, 5.74) is 2.48. The van der Waals surface area contributed by atoms with Crippen LogP contribution in [0.15, 0.2) is 48.5 Å². The number of benzene rings is 2. The minimum absolute atomic E-state index is 0. The van der Waals surface area contributed by atoms with Crippen molar-refractivity contribution in [3.63, 3.8) is 0 Å². The van der Waals surface area contributed by atoms with Gasteiger partial charge in [-0.1, -0.05) is 60.3 Å². The van der Waals surface area contributed by atoms with E-state index in [2.05, 4.69) is 60.2 Å². The monoisotopic (exact) mass is 466 g/mol. The van der Waals surface area contributed by atoms with Crippen LogP contribution in [0.5, 0.6) is 0 Å². The average Bonchev–Trinajstić information content (AvgIpc) is 3.16. The number of thiazole rings is 2. The van der Waals surface area contributed by atoms with Crippen LogP contribution >= 0.6 is 22.7 Å². The summed E-state index contributed by atoms with van der Waals surface area (Å²) in [4.78, 5) is 16.0. The van der Waals surface area contributed by atoms with Crippen molar-refractivity contribution < 1.29 is 36.9 Å². The number of rotatable bonds is 2. The van der Waals surface area contributed by atoms with E-state index in [-0.39, 0.29) is 23.4 Å². The zero-order chi connectivity index (χ0) is 18.9. The number of carbonyl (C=O) groups is 1. The molecule has 0 saturated heterocycles. The fourth-order valence-electron chi connectivity index (χ4n) is 2.28. The third-order valence-corrected chi connectivity index (χ3v) is 5.34. The molecule has 0 aliphatic rings. The highest BCUT2D eigenvalue weighted by atomic mass is 79.9. The number of fused-ring (bicyclic) bond motifs is 2. The van der Waals surface area contributed by atoms with Gasteiger partial charge in [-0.15, -0.1) is 0 Å². The first-order valence-corrected chi connectivity index (χ1v) is 10.1. The largest absolute Gasteiger partial charge is 1.00 e. The van der Waals surface area contributed by atoms with Gasteiger partial charge in [0.25, 0.3) is 0 Å². The molecule has 4 rings (SSSR count). The summed E-state index contributed by atoms with van der Waals surface area (Å²) in [6, 6.07) is 16.7. The lowest BCUT2D eigenvalue weighted by Gasteiger charge is -1.92. The standard InChI is InChI=1S/2C8H7NS.C4H8O2.BrH/c2*1-6-9-7-4-2-3-5-8(7)10-6;1-2-3-4(5)6;/h2*2-5H,1H3;2-3H2,1H3,(H,5,6);1H. The molecule has 0 radical (unpaired) electrons. The van der Waals surface area contributed by atoms with Crippen LogP contribution in [0.4, 0.5) is 0 Å². The van der Waals surface area contributed by atoms with E-state index in [1.807, 2.05) is 12.1 Å². The smallest absolute Gasteiger partial charge is 0.233 e. The van der Waals surface area contributed by atoms with Gasteiger partial charge < -0.3 is 26.9 Å². The topological polar surface area (TPSA) is 68.4 Å². The molecular weight excluding hydrogens is 444 g/mol. The molecule has 0 bridgehead atoms. The summed E-state index contributed by atoms with van der Waals surface area (Å²) in [6.45, 7) is 5.98. The number of aryl methyl sites for hydroxylation is 2. The van der Waals surface area contributed by atoms with Gasteiger partial charge in [-0.05, 0) is 18.6 Å². The molecule has 4 aromatic rings. The molecule has 4 nitrogen and oxygen atoms in total. The molecule has 0 amide bonds. The maximum absolute atomic E-state index is 9.49. The van der Waals surface area contributed by atoms with Crippen LogP contribution in [-0.2, 0) is 4.79 Å². The third kappa shape index (κ3) is 7.74. The van der Waals surface area contributed by atoms with E-state index in [9.17, 15) is 9.90 Å². The van der Waals surface area contributed by atoms with Crippen LogP contribution in [-0.4, -0.2) is 5.97 Å². The lowest BCUT2D eigenvalue weighted by molar-refractivity contribution is -0.348. The second-order valence-corrected chi connectivity index (χ2v) is 8.19. The predicted molar refractivity (Wildman–Crippen MR) is 106 cm³/mol. The number of hydrogen-bond acceptors (Lipinski definition) is 4. The summed E-state index contributed by atoms with van der Waals surface area (Å²) in [7, 11) is 0. The van der Waals surface area contributed by atoms with Gasteiger partial charge >= 0.3 is 0 Å². The van der Waals surface area contributed by atoms with E-state index in [0.29, 0.717) is 6.42 Å². The molecule has 7 heteroatoms. The van der Waals surface area contributed by atoms with Crippen LogP contribution in [0, 0.1) is 13.8 Å². The van der Waals surface area contributed by atoms with Crippen LogP contribution in [0.3, 0.4) is 0 Å². The Morgan fingerprint density at radius 2 is 1.30 bits per heavy atom. The third-order valence-electron chi connectivity index (χ3n) is 3.38. The lowest BCUT2D eigenvalue weighted by atomic mass is 10.3. The maximum atomic E-state index is 9.49. The van der Waals surface area contributed by atoms with Crippen molar-refractivity contribution in [3.8, 4) is 0 Å². The zero-order valence-corrected chi connectivity index (χ0v) is 18.8. The van der Waals surface area contributed by atoms with Crippen LogP contribution in [0.1, 0.15) is 29.8 Å². The fraction of sp³-hybridized carbons (Fsp3) is 0.250. The van der Waals surface area contributed by atoms with Gasteiger partial charge in [0, 0.05) is 31.9 Å². The summed E-state index contributed by atoms with van der Waals surface area (Å²) in [6.07, 6.45) is 0.850. The van der Waals surface area contributed by atoms with E-state index in [1.165, 1.54) is 30.4 Å². The van der Waals surface area contributed by atoms with Crippen molar-refractivity contribution in [3.05, 3.63) is 58.5 Å². The number of halogens is 1. The second-order valence-electron chi connectivity index (χ2n) is 5.68. The number of hydrogen-bond donors (Lipinski definition) is 0. The summed E-state index contributed by atoms with van der Waals surface area (Å²) in [5, 5.41) is 12.0. The van der Waals surface area contributed by atoms with E-state index in [1.54, 1.807) is 29.6 Å². The number of carbonyl (C=O) groups excluding carboxylic acids is 1. The molecule has 2 heterocycles. The highest BCUT2D eigenvalue weighted by Crippen LogP contribution is 2.16. The Bertz CT molecular complexity index is 844. The molecule has 0 saturated carbocycles. The Balaban J connectivity index is 0.000000207. The number of carboxylic acid groups (broad SMARTS) is 1. The molecule has 2 N–H and O–H groups in total. The first-order chi connectivity index (χ1) is 12.5. The molecule has 144 valence electrons. The van der Waals surface area contributed by atoms with Crippen molar-refractivity contribution in [1.82, 2.24) is 0 Å². The summed E-state index contributed by atoms with van der Waals surface area (Å²) in [5.74, 6) is -0.961. The Morgan fingerprint density at radius 3 is 1.59 bits per heavy atom. The van der Waals surface area contributed by atoms with E-state index >= 15 is 0 Å². The number of H-pyrrole nitrogens is 2. The normalized spacial score (nSPS) is 9.59. The molecule has 0 unspecified atom stereocenters. The van der Waals surface area contributed by atoms with Crippen molar-refractivity contribution in [1.29, 1.82) is 0 Å². The Hall–Kier alpha value is -1.83. The van der Waals surface area contributed by atoms with Crippen molar-refractivity contribution in [2.75, 3.05) is 0 Å². The minimum atomic E-state index is -0.961. The molecule has 0 aliphatic carbocycles. The summed E-state index contributed by atoms with van der Waals surface area (Å²) < 4.78 is 2.67. The Kier molecular flexibility index (Phi) is 10.1. The SMILES string of the molecule is CCCC(=O)[O-].Cc1[nH+]c2ccccc2s1.Cc1[nH+]c2ccccc2s1.[Br-]. The molecule has 2 aromatic carbocycles. The molecule has 2 aromatic heterocycles. The Labute approximate surface area is 177 Å². The number of aromatic amines is 2. The zero-order valence-electron chi connectivity index (χ0n) is 15.5. The van der Waals surface area contributed by atoms with Gasteiger partial charge in [-0.3, -0.25) is 0 Å². The van der Waals surface area contributed by atoms with Crippen molar-refractivity contribution in [2.45, 2.75) is 33.6 Å². The average molecular weight is 467 g/mol. The van der Waals surface area contributed by atoms with Crippen molar-refractivity contribution >= 4 is 49.1 Å². The number of carboxylic acids is 1. The van der Waals surface area contributed by atoms with E-state index in [4.69, 9.17) is 0 Å². The van der Waals surface area contributed by atoms with E-state index in [0.717, 1.165) is 0 Å². The van der Waals surface area contributed by atoms with Crippen LogP contribution in [0.2, 0.25) is 0 Å². The lowest BCUT2D eigenvalue weighted by Crippen LogP contribution is -3.00. The van der Waals surface area contributed by atoms with Crippen molar-refractivity contribution in [2.24, 2.45) is 0 Å². The van der Waals surface area contributed by atoms with E-state index < -0.39 is 5.97 Å². The highest BCUT2D eigenvalue weighted by Gasteiger charge is 2.04. The Morgan fingerprint density at radius 1 is 0.889 bits per heavy atom. The maximum Gasteiger partial charge on any atom is 0.233 e. The second kappa shape index (κ2) is 11.8. The molecule has 0 fully saturated rings. The number of aliphatic carboxylic acids is 1. The molecule has 27 heavy (non-hydrogen) atoms. The quantitative estimate of drug-likeness (QED) is 0.433. The number of para-hydroxylation sites is 2. The van der Waals surface area contributed by atoms with Crippen LogP contribution in [0.25, 0.3) is 20.4 Å². The first-order valence-electron chi connectivity index (χ1n) is 8.44. The first kappa shape index (κ1) is 23.2. The predicted octanol–water partition coefficient (Wildman–Crippen LogP) is 0.588. The summed E-state index contributed by atoms with van der Waals surface area (Å²) >= 11 is 3.59. The van der Waals surface area contributed by atoms with Crippen LogP contribution < -0.4 is 32.1 Å². The molecule has 0 aliphatic heterocycles. The van der Waals surface area contributed by atoms with Gasteiger partial charge in [-0.2, -0.15) is 9.97 Å². The highest BCUT2D eigenvalue weighted by molar-refractivity contribution is 7.18. The van der Waals surface area contributed by atoms with Gasteiger partial charge in [0.2, 0.25) is 21.0 Å². The van der Waals surface area contributed by atoms with Gasteiger partial charge in [0.05, 0.1) is 0 Å². The van der Waals surface area contributed by atoms with Gasteiger partial charge in [-0.25, -0.2) is 0 Å². The molecule has 0 atom stereocenters. The van der Waals surface area contributed by atoms with Gasteiger partial charge in [0.1, 0.15) is 9.40 Å². The minimum Gasteiger partial charge on any atom is -1.00 e. The number of nitrogens with one attached hydrogen (secondary N) is 2. The molecule has 0 spiro atoms. The van der Waals surface area contributed by atoms with Gasteiger partial charge in [0.15, 0.2) is 0 Å². The number of aromatic nitrogens is 2.